The van der Waals surface area contributed by atoms with Crippen molar-refractivity contribution in [1.29, 1.82) is 0 Å². The van der Waals surface area contributed by atoms with E-state index in [1.54, 1.807) is 0 Å². The van der Waals surface area contributed by atoms with Crippen LogP contribution in [0.25, 0.3) is 98.8 Å². The molecule has 228 valence electrons. The van der Waals surface area contributed by atoms with Gasteiger partial charge in [0.05, 0.1) is 2.74 Å². The molecule has 0 atom stereocenters. The van der Waals surface area contributed by atoms with Crippen molar-refractivity contribution in [2.24, 2.45) is 0 Å². The lowest BCUT2D eigenvalue weighted by molar-refractivity contribution is 0.670. The van der Waals surface area contributed by atoms with Crippen molar-refractivity contribution in [1.82, 2.24) is 0 Å². The summed E-state index contributed by atoms with van der Waals surface area (Å²) in [5, 5.41) is 9.21. The molecule has 0 radical (unpaired) electrons. The van der Waals surface area contributed by atoms with Gasteiger partial charge < -0.3 is 4.42 Å². The van der Waals surface area contributed by atoms with Crippen molar-refractivity contribution in [2.75, 3.05) is 0 Å². The van der Waals surface area contributed by atoms with E-state index in [0.717, 1.165) is 60.5 Å². The summed E-state index contributed by atoms with van der Waals surface area (Å²) in [6.07, 6.45) is 0. The van der Waals surface area contributed by atoms with Crippen molar-refractivity contribution < 1.29 is 7.16 Å². The zero-order chi connectivity index (χ0) is 34.1. The maximum Gasteiger partial charge on any atom is 0.143 e. The molecule has 0 spiro atoms. The fourth-order valence-electron chi connectivity index (χ4n) is 7.66. The topological polar surface area (TPSA) is 13.1 Å². The van der Waals surface area contributed by atoms with Crippen LogP contribution in [0.2, 0.25) is 0 Å². The van der Waals surface area contributed by atoms with Crippen LogP contribution < -0.4 is 0 Å². The number of hydrogen-bond acceptors (Lipinski definition) is 1. The average molecular weight is 625 g/mol. The molecule has 1 heteroatoms. The van der Waals surface area contributed by atoms with Crippen molar-refractivity contribution in [2.45, 2.75) is 0 Å². The quantitative estimate of drug-likeness (QED) is 0.178. The van der Waals surface area contributed by atoms with Gasteiger partial charge in [0.1, 0.15) is 11.2 Å². The molecule has 10 aromatic rings. The van der Waals surface area contributed by atoms with Crippen LogP contribution in [-0.4, -0.2) is 0 Å². The molecule has 49 heavy (non-hydrogen) atoms. The molecule has 9 aromatic carbocycles. The highest BCUT2D eigenvalue weighted by Crippen LogP contribution is 2.46. The number of fused-ring (bicyclic) bond motifs is 6. The van der Waals surface area contributed by atoms with Crippen molar-refractivity contribution in [3.05, 3.63) is 182 Å². The first-order valence-corrected chi connectivity index (χ1v) is 16.7. The van der Waals surface area contributed by atoms with Gasteiger partial charge in [0.2, 0.25) is 0 Å². The maximum absolute atomic E-state index is 8.01. The average Bonchev–Trinajstić information content (AvgIpc) is 3.55. The summed E-state index contributed by atoms with van der Waals surface area (Å²) in [6, 6.07) is 60.3. The van der Waals surface area contributed by atoms with Gasteiger partial charge in [0.15, 0.2) is 0 Å². The Hall–Kier alpha value is -6.44. The minimum Gasteiger partial charge on any atom is -0.455 e. The van der Waals surface area contributed by atoms with Crippen molar-refractivity contribution in [3.8, 4) is 44.5 Å². The predicted molar refractivity (Wildman–Crippen MR) is 208 cm³/mol. The maximum atomic E-state index is 8.01. The van der Waals surface area contributed by atoms with Crippen LogP contribution in [0.3, 0.4) is 0 Å². The second-order valence-corrected chi connectivity index (χ2v) is 12.7. The molecule has 1 aromatic heterocycles. The Morgan fingerprint density at radius 2 is 0.939 bits per heavy atom. The zero-order valence-corrected chi connectivity index (χ0v) is 26.6. The molecule has 0 N–H and O–H groups in total. The Balaban J connectivity index is 1.17. The molecule has 0 amide bonds. The summed E-state index contributed by atoms with van der Waals surface area (Å²) in [7, 11) is 0. The van der Waals surface area contributed by atoms with E-state index in [1.807, 2.05) is 42.5 Å². The van der Waals surface area contributed by atoms with E-state index in [9.17, 15) is 0 Å². The summed E-state index contributed by atoms with van der Waals surface area (Å²) in [5.74, 6) is 0. The van der Waals surface area contributed by atoms with E-state index in [4.69, 9.17) is 7.16 Å². The standard InChI is InChI=1S/C48H30O/c1-2-13-32(14-3-1)38-22-11-23-43-44-30-37(26-27-45(44)49-48(38)43)47-41-20-8-6-18-39(41)46(40-19-7-9-21-42(40)47)36-17-10-16-34(29-36)35-25-24-31-12-4-5-15-33(31)28-35/h1-30H/i1D,4D. The zero-order valence-electron chi connectivity index (χ0n) is 28.6. The first kappa shape index (κ1) is 25.6. The van der Waals surface area contributed by atoms with Gasteiger partial charge in [0.25, 0.3) is 0 Å². The lowest BCUT2D eigenvalue weighted by atomic mass is 9.85. The number of rotatable bonds is 4. The fraction of sp³-hybridized carbons (Fsp3) is 0. The van der Waals surface area contributed by atoms with Crippen LogP contribution in [0.5, 0.6) is 0 Å². The molecule has 0 saturated heterocycles. The fourth-order valence-corrected chi connectivity index (χ4v) is 7.66. The molecule has 0 aliphatic rings. The molecular weight excluding hydrogens is 593 g/mol. The summed E-state index contributed by atoms with van der Waals surface area (Å²) in [4.78, 5) is 0. The Bertz CT molecular complexity index is 2930. The smallest absolute Gasteiger partial charge is 0.143 e. The number of hydrogen-bond donors (Lipinski definition) is 0. The monoisotopic (exact) mass is 624 g/mol. The van der Waals surface area contributed by atoms with E-state index < -0.39 is 0 Å². The van der Waals surface area contributed by atoms with Gasteiger partial charge in [0, 0.05) is 16.3 Å². The lowest BCUT2D eigenvalue weighted by Crippen LogP contribution is -1.91. The predicted octanol–water partition coefficient (Wildman–Crippen LogP) is 13.7. The molecule has 10 rings (SSSR count). The number of para-hydroxylation sites is 1. The third kappa shape index (κ3) is 4.47. The SMILES string of the molecule is [2H]c1ccc(-c2cccc3c2oc2ccc(-c4c5ccccc5c(-c5cccc(-c6ccc7cc([2H])ccc7c6)c5)c5ccccc45)cc23)cc1. The Labute approximate surface area is 287 Å². The second-order valence-electron chi connectivity index (χ2n) is 12.7. The summed E-state index contributed by atoms with van der Waals surface area (Å²) in [5.41, 5.74) is 10.9. The van der Waals surface area contributed by atoms with Gasteiger partial charge in [-0.1, -0.05) is 158 Å². The van der Waals surface area contributed by atoms with E-state index in [1.165, 1.54) is 38.2 Å². The largest absolute Gasteiger partial charge is 0.455 e. The Morgan fingerprint density at radius 1 is 0.347 bits per heavy atom. The van der Waals surface area contributed by atoms with Crippen LogP contribution in [-0.2, 0) is 0 Å². The van der Waals surface area contributed by atoms with Crippen LogP contribution in [0, 0.1) is 0 Å². The van der Waals surface area contributed by atoms with Crippen LogP contribution in [0.1, 0.15) is 2.74 Å². The highest BCUT2D eigenvalue weighted by molar-refractivity contribution is 6.22. The molecule has 0 bridgehead atoms. The molecule has 1 nitrogen and oxygen atoms in total. The molecule has 0 saturated carbocycles. The number of benzene rings is 9. The Morgan fingerprint density at radius 3 is 1.69 bits per heavy atom. The minimum atomic E-state index is 0.493. The number of furan rings is 1. The van der Waals surface area contributed by atoms with Crippen LogP contribution in [0.15, 0.2) is 186 Å². The first-order chi connectivity index (χ1) is 25.1. The third-order valence-electron chi connectivity index (χ3n) is 9.92. The first-order valence-electron chi connectivity index (χ1n) is 17.7. The van der Waals surface area contributed by atoms with E-state index in [2.05, 4.69) is 127 Å². The lowest BCUT2D eigenvalue weighted by Gasteiger charge is -2.18. The van der Waals surface area contributed by atoms with Crippen molar-refractivity contribution >= 4 is 54.3 Å². The molecule has 0 aliphatic carbocycles. The van der Waals surface area contributed by atoms with E-state index in [0.29, 0.717) is 12.1 Å². The van der Waals surface area contributed by atoms with Crippen LogP contribution >= 0.6 is 0 Å². The third-order valence-corrected chi connectivity index (χ3v) is 9.92. The van der Waals surface area contributed by atoms with Gasteiger partial charge in [-0.2, -0.15) is 0 Å². The second kappa shape index (κ2) is 11.1. The molecule has 0 unspecified atom stereocenters. The van der Waals surface area contributed by atoms with Gasteiger partial charge in [-0.3, -0.25) is 0 Å². The minimum absolute atomic E-state index is 0.493. The van der Waals surface area contributed by atoms with Crippen LogP contribution in [0.4, 0.5) is 0 Å². The van der Waals surface area contributed by atoms with Gasteiger partial charge >= 0.3 is 0 Å². The van der Waals surface area contributed by atoms with Gasteiger partial charge in [-0.15, -0.1) is 0 Å². The highest BCUT2D eigenvalue weighted by Gasteiger charge is 2.19. The van der Waals surface area contributed by atoms with Gasteiger partial charge in [-0.25, -0.2) is 0 Å². The Kier molecular flexibility index (Phi) is 5.79. The van der Waals surface area contributed by atoms with Crippen molar-refractivity contribution in [3.63, 3.8) is 0 Å². The van der Waals surface area contributed by atoms with E-state index >= 15 is 0 Å². The van der Waals surface area contributed by atoms with Gasteiger partial charge in [-0.05, 0) is 95.5 Å². The molecular formula is C48H30O. The molecule has 1 heterocycles. The summed E-state index contributed by atoms with van der Waals surface area (Å²) < 4.78 is 22.5. The van der Waals surface area contributed by atoms with E-state index in [-0.39, 0.29) is 0 Å². The summed E-state index contributed by atoms with van der Waals surface area (Å²) in [6.45, 7) is 0. The molecule has 0 aliphatic heterocycles. The highest BCUT2D eigenvalue weighted by atomic mass is 16.3. The normalized spacial score (nSPS) is 12.2. The summed E-state index contributed by atoms with van der Waals surface area (Å²) >= 11 is 0. The molecule has 0 fully saturated rings.